The minimum Gasteiger partial charge on any atom is -0.481 e. The Hall–Kier alpha value is -0.720. The standard InChI is InChI=1S/C16H22OS2/c1-4-11-17-15-9-7-14(8-10-15)16(18-12-5-2)19-13-6-3/h1,7-10,16H,5-6,11-13H2,2-3H3. The van der Waals surface area contributed by atoms with E-state index in [0.717, 1.165) is 5.75 Å². The van der Waals surface area contributed by atoms with Gasteiger partial charge in [0.15, 0.2) is 0 Å². The SMILES string of the molecule is C#CCOc1ccc(C(SCCC)SCCC)cc1. The number of thioether (sulfide) groups is 2. The summed E-state index contributed by atoms with van der Waals surface area (Å²) in [4.78, 5) is 0. The van der Waals surface area contributed by atoms with Gasteiger partial charge in [0.05, 0.1) is 4.58 Å². The van der Waals surface area contributed by atoms with Crippen molar-refractivity contribution in [1.29, 1.82) is 0 Å². The highest BCUT2D eigenvalue weighted by atomic mass is 32.2. The van der Waals surface area contributed by atoms with Gasteiger partial charge in [-0.3, -0.25) is 0 Å². The highest BCUT2D eigenvalue weighted by molar-refractivity contribution is 8.16. The first-order chi connectivity index (χ1) is 9.31. The molecule has 0 aliphatic carbocycles. The van der Waals surface area contributed by atoms with Gasteiger partial charge in [-0.15, -0.1) is 29.9 Å². The summed E-state index contributed by atoms with van der Waals surface area (Å²) in [5.41, 5.74) is 1.37. The van der Waals surface area contributed by atoms with E-state index < -0.39 is 0 Å². The van der Waals surface area contributed by atoms with Gasteiger partial charge in [0.25, 0.3) is 0 Å². The van der Waals surface area contributed by atoms with Crippen LogP contribution >= 0.6 is 23.5 Å². The molecule has 0 amide bonds. The van der Waals surface area contributed by atoms with Crippen LogP contribution in [0.2, 0.25) is 0 Å². The first kappa shape index (κ1) is 16.3. The molecule has 0 fully saturated rings. The Labute approximate surface area is 125 Å². The average Bonchev–Trinajstić information content (AvgIpc) is 2.46. The Morgan fingerprint density at radius 2 is 1.68 bits per heavy atom. The molecule has 0 heterocycles. The predicted molar refractivity (Wildman–Crippen MR) is 89.0 cm³/mol. The normalized spacial score (nSPS) is 10.4. The molecule has 0 spiro atoms. The summed E-state index contributed by atoms with van der Waals surface area (Å²) >= 11 is 4.06. The summed E-state index contributed by atoms with van der Waals surface area (Å²) < 4.78 is 5.93. The van der Waals surface area contributed by atoms with Crippen LogP contribution in [-0.2, 0) is 0 Å². The molecule has 0 saturated heterocycles. The molecule has 1 aromatic carbocycles. The van der Waals surface area contributed by atoms with E-state index in [0.29, 0.717) is 11.2 Å². The van der Waals surface area contributed by atoms with Gasteiger partial charge in [-0.2, -0.15) is 0 Å². The second-order valence-electron chi connectivity index (χ2n) is 4.14. The molecule has 0 atom stereocenters. The molecule has 1 aromatic rings. The van der Waals surface area contributed by atoms with Crippen LogP contribution in [0.15, 0.2) is 24.3 Å². The molecule has 0 N–H and O–H groups in total. The van der Waals surface area contributed by atoms with Crippen molar-refractivity contribution in [2.24, 2.45) is 0 Å². The maximum Gasteiger partial charge on any atom is 0.148 e. The number of benzene rings is 1. The molecule has 1 rings (SSSR count). The first-order valence-corrected chi connectivity index (χ1v) is 8.81. The molecule has 0 aliphatic heterocycles. The maximum absolute atomic E-state index is 5.40. The molecule has 0 saturated carbocycles. The quantitative estimate of drug-likeness (QED) is 0.469. The maximum atomic E-state index is 5.40. The Morgan fingerprint density at radius 3 is 2.16 bits per heavy atom. The lowest BCUT2D eigenvalue weighted by Crippen LogP contribution is -1.95. The molecular formula is C16H22OS2. The highest BCUT2D eigenvalue weighted by Gasteiger charge is 2.11. The number of rotatable bonds is 9. The molecule has 0 unspecified atom stereocenters. The van der Waals surface area contributed by atoms with Crippen molar-refractivity contribution in [2.75, 3.05) is 18.1 Å². The average molecular weight is 294 g/mol. The van der Waals surface area contributed by atoms with E-state index in [-0.39, 0.29) is 0 Å². The predicted octanol–water partition coefficient (Wildman–Crippen LogP) is 4.98. The van der Waals surface area contributed by atoms with Crippen molar-refractivity contribution in [1.82, 2.24) is 0 Å². The van der Waals surface area contributed by atoms with Gasteiger partial charge < -0.3 is 4.74 Å². The third-order valence-electron chi connectivity index (χ3n) is 2.42. The van der Waals surface area contributed by atoms with Crippen molar-refractivity contribution in [3.63, 3.8) is 0 Å². The highest BCUT2D eigenvalue weighted by Crippen LogP contribution is 2.40. The van der Waals surface area contributed by atoms with E-state index in [9.17, 15) is 0 Å². The van der Waals surface area contributed by atoms with Gasteiger partial charge in [-0.05, 0) is 42.0 Å². The van der Waals surface area contributed by atoms with E-state index in [1.165, 1.54) is 29.9 Å². The summed E-state index contributed by atoms with van der Waals surface area (Å²) in [5, 5.41) is 0. The van der Waals surface area contributed by atoms with Crippen LogP contribution in [0.4, 0.5) is 0 Å². The van der Waals surface area contributed by atoms with Crippen LogP contribution < -0.4 is 4.74 Å². The zero-order valence-corrected chi connectivity index (χ0v) is 13.4. The van der Waals surface area contributed by atoms with Gasteiger partial charge in [0.1, 0.15) is 12.4 Å². The van der Waals surface area contributed by atoms with Crippen LogP contribution in [0.3, 0.4) is 0 Å². The van der Waals surface area contributed by atoms with E-state index in [1.807, 2.05) is 35.7 Å². The van der Waals surface area contributed by atoms with Crippen molar-refractivity contribution in [2.45, 2.75) is 31.3 Å². The minimum atomic E-state index is 0.331. The van der Waals surface area contributed by atoms with Crippen LogP contribution in [0.5, 0.6) is 5.75 Å². The van der Waals surface area contributed by atoms with E-state index >= 15 is 0 Å². The fraction of sp³-hybridized carbons (Fsp3) is 0.500. The lowest BCUT2D eigenvalue weighted by Gasteiger charge is -2.16. The van der Waals surface area contributed by atoms with Crippen LogP contribution in [0, 0.1) is 12.3 Å². The van der Waals surface area contributed by atoms with Gasteiger partial charge in [-0.25, -0.2) is 0 Å². The zero-order chi connectivity index (χ0) is 13.9. The number of hydrogen-bond acceptors (Lipinski definition) is 3. The fourth-order valence-electron chi connectivity index (χ4n) is 1.54. The van der Waals surface area contributed by atoms with Crippen LogP contribution in [0.25, 0.3) is 0 Å². The number of ether oxygens (including phenoxy) is 1. The van der Waals surface area contributed by atoms with Gasteiger partial charge in [0, 0.05) is 0 Å². The minimum absolute atomic E-state index is 0.331. The number of hydrogen-bond donors (Lipinski definition) is 0. The van der Waals surface area contributed by atoms with Gasteiger partial charge >= 0.3 is 0 Å². The Bertz CT molecular complexity index is 373. The zero-order valence-electron chi connectivity index (χ0n) is 11.7. The van der Waals surface area contributed by atoms with Gasteiger partial charge in [-0.1, -0.05) is 31.9 Å². The van der Waals surface area contributed by atoms with Gasteiger partial charge in [0.2, 0.25) is 0 Å². The molecule has 0 radical (unpaired) electrons. The summed E-state index contributed by atoms with van der Waals surface area (Å²) in [7, 11) is 0. The molecule has 3 heteroatoms. The molecule has 1 nitrogen and oxygen atoms in total. The van der Waals surface area contributed by atoms with Crippen LogP contribution in [0.1, 0.15) is 36.8 Å². The largest absolute Gasteiger partial charge is 0.481 e. The molecule has 0 bridgehead atoms. The second kappa shape index (κ2) is 10.1. The molecule has 0 aromatic heterocycles. The Morgan fingerprint density at radius 1 is 1.11 bits per heavy atom. The summed E-state index contributed by atoms with van der Waals surface area (Å²) in [6.45, 7) is 4.79. The summed E-state index contributed by atoms with van der Waals surface area (Å²) in [6, 6.07) is 8.33. The van der Waals surface area contributed by atoms with Crippen molar-refractivity contribution in [3.8, 4) is 18.1 Å². The Kier molecular flexibility index (Phi) is 8.69. The first-order valence-electron chi connectivity index (χ1n) is 6.71. The third-order valence-corrected chi connectivity index (χ3v) is 5.68. The van der Waals surface area contributed by atoms with E-state index in [2.05, 4.69) is 31.9 Å². The van der Waals surface area contributed by atoms with Crippen molar-refractivity contribution >= 4 is 23.5 Å². The molecule has 104 valence electrons. The van der Waals surface area contributed by atoms with E-state index in [4.69, 9.17) is 11.2 Å². The van der Waals surface area contributed by atoms with Crippen LogP contribution in [-0.4, -0.2) is 18.1 Å². The second-order valence-corrected chi connectivity index (χ2v) is 6.86. The summed E-state index contributed by atoms with van der Waals surface area (Å²) in [5.74, 6) is 5.74. The lowest BCUT2D eigenvalue weighted by atomic mass is 10.2. The monoisotopic (exact) mass is 294 g/mol. The topological polar surface area (TPSA) is 9.23 Å². The fourth-order valence-corrected chi connectivity index (χ4v) is 4.10. The number of terminal acetylenes is 1. The van der Waals surface area contributed by atoms with Crippen molar-refractivity contribution in [3.05, 3.63) is 29.8 Å². The molecule has 0 aliphatic rings. The lowest BCUT2D eigenvalue weighted by molar-refractivity contribution is 0.370. The Balaban J connectivity index is 2.64. The molecule has 19 heavy (non-hydrogen) atoms. The van der Waals surface area contributed by atoms with Crippen molar-refractivity contribution < 1.29 is 4.74 Å². The molecular weight excluding hydrogens is 272 g/mol. The smallest absolute Gasteiger partial charge is 0.148 e. The summed E-state index contributed by atoms with van der Waals surface area (Å²) in [6.07, 6.45) is 7.62. The third kappa shape index (κ3) is 6.31. The van der Waals surface area contributed by atoms with E-state index in [1.54, 1.807) is 0 Å².